The maximum absolute atomic E-state index is 5.42. The molecule has 1 aliphatic rings. The van der Waals surface area contributed by atoms with Crippen LogP contribution in [0.3, 0.4) is 0 Å². The second kappa shape index (κ2) is 5.76. The molecule has 0 spiro atoms. The van der Waals surface area contributed by atoms with Crippen LogP contribution in [0.25, 0.3) is 0 Å². The number of hydrogen-bond acceptors (Lipinski definition) is 8. The van der Waals surface area contributed by atoms with Gasteiger partial charge in [-0.1, -0.05) is 24.3 Å². The van der Waals surface area contributed by atoms with Crippen molar-refractivity contribution >= 4 is 11.4 Å². The molecule has 0 saturated heterocycles. The highest BCUT2D eigenvalue weighted by atomic mass is 15.4. The Labute approximate surface area is 110 Å². The van der Waals surface area contributed by atoms with Gasteiger partial charge in [0, 0.05) is 12.0 Å². The van der Waals surface area contributed by atoms with Gasteiger partial charge in [0.2, 0.25) is 0 Å². The highest BCUT2D eigenvalue weighted by Crippen LogP contribution is 2.20. The van der Waals surface area contributed by atoms with Crippen molar-refractivity contribution in [3.63, 3.8) is 0 Å². The average molecular weight is 262 g/mol. The number of rotatable bonds is 4. The topological polar surface area (TPSA) is 153 Å². The summed E-state index contributed by atoms with van der Waals surface area (Å²) >= 11 is 0. The average Bonchev–Trinajstić information content (AvgIpc) is 2.71. The molecule has 0 bridgehead atoms. The largest absolute Gasteiger partial charge is 0.298 e. The molecule has 10 N–H and O–H groups in total. The molecule has 102 valence electrons. The molecular weight excluding hydrogens is 244 g/mol. The molecule has 0 aromatic heterocycles. The summed E-state index contributed by atoms with van der Waals surface area (Å²) in [5.41, 5.74) is 30.4. The third kappa shape index (κ3) is 3.26. The second-order valence-corrected chi connectivity index (χ2v) is 4.16. The lowest BCUT2D eigenvalue weighted by atomic mass is 10.1. The maximum atomic E-state index is 5.42. The lowest BCUT2D eigenvalue weighted by Gasteiger charge is -2.08. The van der Waals surface area contributed by atoms with Gasteiger partial charge in [0.1, 0.15) is 18.3 Å². The van der Waals surface area contributed by atoms with Crippen LogP contribution in [0.5, 0.6) is 0 Å². The van der Waals surface area contributed by atoms with E-state index in [2.05, 4.69) is 21.1 Å². The summed E-state index contributed by atoms with van der Waals surface area (Å²) < 4.78 is 0. The van der Waals surface area contributed by atoms with Crippen molar-refractivity contribution in [1.29, 1.82) is 0 Å². The van der Waals surface area contributed by atoms with Gasteiger partial charge in [-0.25, -0.2) is 0 Å². The summed E-state index contributed by atoms with van der Waals surface area (Å²) in [4.78, 5) is 0. The first kappa shape index (κ1) is 13.4. The summed E-state index contributed by atoms with van der Waals surface area (Å²) in [6, 6.07) is 7.87. The zero-order valence-electron chi connectivity index (χ0n) is 10.4. The first-order valence-electron chi connectivity index (χ1n) is 5.84. The van der Waals surface area contributed by atoms with Gasteiger partial charge in [0.25, 0.3) is 0 Å². The lowest BCUT2D eigenvalue weighted by molar-refractivity contribution is 0.568. The molecule has 0 unspecified atom stereocenters. The zero-order valence-corrected chi connectivity index (χ0v) is 10.4. The second-order valence-electron chi connectivity index (χ2n) is 4.16. The number of nitrogens with one attached hydrogen (secondary N) is 2. The molecular formula is C11H18N8. The van der Waals surface area contributed by atoms with Crippen molar-refractivity contribution < 1.29 is 0 Å². The Balaban J connectivity index is 2.31. The highest BCUT2D eigenvalue weighted by molar-refractivity contribution is 6.51. The van der Waals surface area contributed by atoms with Crippen LogP contribution in [0.15, 0.2) is 34.5 Å². The molecule has 1 aliphatic carbocycles. The van der Waals surface area contributed by atoms with E-state index in [4.69, 9.17) is 22.9 Å². The monoisotopic (exact) mass is 262 g/mol. The standard InChI is InChI=1S/C11H18N8/c12-10(13)18-16-8-5-6-3-1-2-4-7(6)9(8)17-19-11(14)15/h1-4,10-11,18-19H,5,12-15H2/b16-8+,17-9-. The van der Waals surface area contributed by atoms with E-state index in [1.807, 2.05) is 24.3 Å². The molecule has 19 heavy (non-hydrogen) atoms. The van der Waals surface area contributed by atoms with Crippen molar-refractivity contribution in [3.8, 4) is 0 Å². The molecule has 8 heteroatoms. The Hall–Kier alpha value is -2.00. The Morgan fingerprint density at radius 2 is 1.58 bits per heavy atom. The van der Waals surface area contributed by atoms with Crippen LogP contribution in [0, 0.1) is 0 Å². The van der Waals surface area contributed by atoms with E-state index in [0.29, 0.717) is 12.1 Å². The van der Waals surface area contributed by atoms with E-state index in [9.17, 15) is 0 Å². The summed E-state index contributed by atoms with van der Waals surface area (Å²) in [7, 11) is 0. The number of nitrogens with two attached hydrogens (primary N) is 4. The molecule has 0 fully saturated rings. The van der Waals surface area contributed by atoms with Crippen molar-refractivity contribution in [3.05, 3.63) is 35.4 Å². The molecule has 2 rings (SSSR count). The van der Waals surface area contributed by atoms with Gasteiger partial charge in [0.05, 0.1) is 5.71 Å². The zero-order chi connectivity index (χ0) is 13.8. The van der Waals surface area contributed by atoms with Crippen LogP contribution in [0.2, 0.25) is 0 Å². The minimum Gasteiger partial charge on any atom is -0.298 e. The maximum Gasteiger partial charge on any atom is 0.142 e. The first-order valence-corrected chi connectivity index (χ1v) is 5.84. The predicted octanol–water partition coefficient (Wildman–Crippen LogP) is -2.12. The van der Waals surface area contributed by atoms with Gasteiger partial charge in [-0.05, 0) is 5.56 Å². The number of nitrogens with zero attached hydrogens (tertiary/aromatic N) is 2. The van der Waals surface area contributed by atoms with Crippen molar-refractivity contribution in [2.24, 2.45) is 33.1 Å². The number of benzene rings is 1. The summed E-state index contributed by atoms with van der Waals surface area (Å²) in [5.74, 6) is 0. The SMILES string of the molecule is NC(N)N/N=C1\C(=N\NC(N)N)Cc2ccccc21. The van der Waals surface area contributed by atoms with E-state index in [-0.39, 0.29) is 0 Å². The number of fused-ring (bicyclic) bond motifs is 1. The first-order chi connectivity index (χ1) is 9.08. The molecule has 0 heterocycles. The van der Waals surface area contributed by atoms with E-state index >= 15 is 0 Å². The fourth-order valence-corrected chi connectivity index (χ4v) is 1.83. The Bertz CT molecular complexity index is 505. The van der Waals surface area contributed by atoms with Crippen molar-refractivity contribution in [1.82, 2.24) is 10.9 Å². The normalized spacial score (nSPS) is 18.4. The van der Waals surface area contributed by atoms with E-state index in [1.165, 1.54) is 0 Å². The van der Waals surface area contributed by atoms with Gasteiger partial charge < -0.3 is 0 Å². The number of hydrogen-bond donors (Lipinski definition) is 6. The van der Waals surface area contributed by atoms with Crippen molar-refractivity contribution in [2.75, 3.05) is 0 Å². The number of hydrazone groups is 2. The van der Waals surface area contributed by atoms with Gasteiger partial charge in [-0.3, -0.25) is 33.8 Å². The molecule has 0 saturated carbocycles. The molecule has 1 aromatic rings. The Morgan fingerprint density at radius 3 is 2.26 bits per heavy atom. The predicted molar refractivity (Wildman–Crippen MR) is 74.7 cm³/mol. The molecule has 8 nitrogen and oxygen atoms in total. The Morgan fingerprint density at radius 1 is 0.947 bits per heavy atom. The van der Waals surface area contributed by atoms with Gasteiger partial charge >= 0.3 is 0 Å². The fourth-order valence-electron chi connectivity index (χ4n) is 1.83. The lowest BCUT2D eigenvalue weighted by Crippen LogP contribution is -2.44. The van der Waals surface area contributed by atoms with E-state index in [1.54, 1.807) is 0 Å². The van der Waals surface area contributed by atoms with Crippen LogP contribution >= 0.6 is 0 Å². The van der Waals surface area contributed by atoms with Gasteiger partial charge in [-0.2, -0.15) is 10.2 Å². The van der Waals surface area contributed by atoms with Gasteiger partial charge in [0.15, 0.2) is 0 Å². The summed E-state index contributed by atoms with van der Waals surface area (Å²) in [5, 5.41) is 8.35. The van der Waals surface area contributed by atoms with Crippen LogP contribution in [0.4, 0.5) is 0 Å². The minimum absolute atomic E-state index is 0.649. The molecule has 0 radical (unpaired) electrons. The third-order valence-corrected chi connectivity index (χ3v) is 2.58. The molecule has 1 aromatic carbocycles. The van der Waals surface area contributed by atoms with E-state index in [0.717, 1.165) is 16.8 Å². The Kier molecular flexibility index (Phi) is 4.07. The van der Waals surface area contributed by atoms with E-state index < -0.39 is 12.6 Å². The van der Waals surface area contributed by atoms with Crippen molar-refractivity contribution in [2.45, 2.75) is 19.0 Å². The smallest absolute Gasteiger partial charge is 0.142 e. The molecule has 0 amide bonds. The quantitative estimate of drug-likeness (QED) is 0.269. The third-order valence-electron chi connectivity index (χ3n) is 2.58. The highest BCUT2D eigenvalue weighted by Gasteiger charge is 2.24. The van der Waals surface area contributed by atoms with Crippen LogP contribution in [-0.2, 0) is 6.42 Å². The van der Waals surface area contributed by atoms with Gasteiger partial charge in [-0.15, -0.1) is 0 Å². The molecule has 0 atom stereocenters. The summed E-state index contributed by atoms with van der Waals surface area (Å²) in [6.07, 6.45) is -0.802. The van der Waals surface area contributed by atoms with Crippen LogP contribution in [0.1, 0.15) is 11.1 Å². The fraction of sp³-hybridized carbons (Fsp3) is 0.273. The van der Waals surface area contributed by atoms with Crippen LogP contribution < -0.4 is 33.8 Å². The van der Waals surface area contributed by atoms with Crippen LogP contribution in [-0.4, -0.2) is 24.0 Å². The summed E-state index contributed by atoms with van der Waals surface area (Å²) in [6.45, 7) is 0. The molecule has 0 aliphatic heterocycles. The minimum atomic E-state index is -0.730.